The fraction of sp³-hybridized carbons (Fsp3) is 0. The highest BCUT2D eigenvalue weighted by molar-refractivity contribution is 6.35. The van der Waals surface area contributed by atoms with E-state index >= 15 is 0 Å². The molecule has 0 heterocycles. The number of benzene rings is 3. The van der Waals surface area contributed by atoms with Crippen molar-refractivity contribution in [2.45, 2.75) is 0 Å². The van der Waals surface area contributed by atoms with Crippen LogP contribution < -0.4 is 0 Å². The SMILES string of the molecule is Clc1ccc([C](c2ccccc2)c2ccccc2)c(Cl)c1. The Bertz CT molecular complexity index is 682. The Kier molecular flexibility index (Phi) is 4.28. The van der Waals surface area contributed by atoms with Gasteiger partial charge in [-0.25, -0.2) is 0 Å². The van der Waals surface area contributed by atoms with Crippen LogP contribution in [0, 0.1) is 5.92 Å². The topological polar surface area (TPSA) is 0 Å². The summed E-state index contributed by atoms with van der Waals surface area (Å²) in [5, 5.41) is 1.30. The Morgan fingerprint density at radius 1 is 0.619 bits per heavy atom. The van der Waals surface area contributed by atoms with Crippen LogP contribution in [0.25, 0.3) is 0 Å². The average Bonchev–Trinajstić information content (AvgIpc) is 2.52. The summed E-state index contributed by atoms with van der Waals surface area (Å²) in [6, 6.07) is 26.1. The first-order valence-electron chi connectivity index (χ1n) is 6.69. The van der Waals surface area contributed by atoms with E-state index in [0.29, 0.717) is 10.0 Å². The fourth-order valence-electron chi connectivity index (χ4n) is 2.38. The molecule has 0 aliphatic rings. The Balaban J connectivity index is 2.17. The van der Waals surface area contributed by atoms with Crippen LogP contribution in [0.3, 0.4) is 0 Å². The van der Waals surface area contributed by atoms with Crippen molar-refractivity contribution in [2.75, 3.05) is 0 Å². The monoisotopic (exact) mass is 311 g/mol. The van der Waals surface area contributed by atoms with Crippen molar-refractivity contribution in [2.24, 2.45) is 0 Å². The van der Waals surface area contributed by atoms with Crippen molar-refractivity contribution in [3.05, 3.63) is 112 Å². The van der Waals surface area contributed by atoms with Crippen molar-refractivity contribution in [1.29, 1.82) is 0 Å². The Morgan fingerprint density at radius 2 is 1.14 bits per heavy atom. The molecule has 3 aromatic carbocycles. The maximum Gasteiger partial charge on any atom is 0.0644 e. The highest BCUT2D eigenvalue weighted by atomic mass is 35.5. The molecule has 0 aromatic heterocycles. The third kappa shape index (κ3) is 3.12. The van der Waals surface area contributed by atoms with E-state index < -0.39 is 0 Å². The molecule has 3 aromatic rings. The van der Waals surface area contributed by atoms with Crippen molar-refractivity contribution in [3.8, 4) is 0 Å². The van der Waals surface area contributed by atoms with Gasteiger partial charge in [-0.3, -0.25) is 0 Å². The minimum atomic E-state index is 0.643. The molecule has 0 unspecified atom stereocenters. The van der Waals surface area contributed by atoms with E-state index in [-0.39, 0.29) is 0 Å². The van der Waals surface area contributed by atoms with Gasteiger partial charge in [-0.1, -0.05) is 89.9 Å². The molecule has 0 fully saturated rings. The summed E-state index contributed by atoms with van der Waals surface area (Å²) in [5.74, 6) is 1.11. The van der Waals surface area contributed by atoms with E-state index in [0.717, 1.165) is 22.6 Å². The molecule has 103 valence electrons. The minimum absolute atomic E-state index is 0.643. The molecule has 0 saturated carbocycles. The van der Waals surface area contributed by atoms with Crippen LogP contribution in [-0.2, 0) is 0 Å². The van der Waals surface area contributed by atoms with Crippen LogP contribution in [0.4, 0.5) is 0 Å². The van der Waals surface area contributed by atoms with Gasteiger partial charge in [0.25, 0.3) is 0 Å². The summed E-state index contributed by atoms with van der Waals surface area (Å²) in [5.41, 5.74) is 3.25. The van der Waals surface area contributed by atoms with Gasteiger partial charge >= 0.3 is 0 Å². The second kappa shape index (κ2) is 6.34. The average molecular weight is 312 g/mol. The first-order chi connectivity index (χ1) is 10.3. The van der Waals surface area contributed by atoms with Crippen molar-refractivity contribution in [1.82, 2.24) is 0 Å². The molecule has 3 rings (SSSR count). The van der Waals surface area contributed by atoms with Gasteiger partial charge in [-0.15, -0.1) is 0 Å². The molecule has 0 aliphatic carbocycles. The lowest BCUT2D eigenvalue weighted by Crippen LogP contribution is -2.05. The van der Waals surface area contributed by atoms with Crippen LogP contribution in [-0.4, -0.2) is 0 Å². The Hall–Kier alpha value is -1.76. The number of rotatable bonds is 3. The zero-order chi connectivity index (χ0) is 14.7. The minimum Gasteiger partial charge on any atom is -0.0843 e. The molecule has 0 nitrogen and oxygen atoms in total. The molecule has 2 heteroatoms. The fourth-order valence-corrected chi connectivity index (χ4v) is 2.88. The quantitative estimate of drug-likeness (QED) is 0.519. The number of halogens is 2. The summed E-state index contributed by atoms with van der Waals surface area (Å²) in [6.07, 6.45) is 0. The third-order valence-electron chi connectivity index (χ3n) is 3.33. The number of hydrogen-bond acceptors (Lipinski definition) is 0. The van der Waals surface area contributed by atoms with E-state index in [1.807, 2.05) is 48.5 Å². The molecular formula is C19H13Cl2. The normalized spacial score (nSPS) is 10.8. The predicted octanol–water partition coefficient (Wildman–Crippen LogP) is 6.01. The van der Waals surface area contributed by atoms with Crippen LogP contribution in [0.15, 0.2) is 78.9 Å². The van der Waals surface area contributed by atoms with Crippen molar-refractivity contribution >= 4 is 23.2 Å². The lowest BCUT2D eigenvalue weighted by atomic mass is 9.85. The summed E-state index contributed by atoms with van der Waals surface area (Å²) >= 11 is 12.4. The molecular weight excluding hydrogens is 299 g/mol. The molecule has 0 aliphatic heterocycles. The second-order valence-corrected chi connectivity index (χ2v) is 5.57. The molecule has 0 amide bonds. The summed E-state index contributed by atoms with van der Waals surface area (Å²) < 4.78 is 0. The molecule has 0 N–H and O–H groups in total. The largest absolute Gasteiger partial charge is 0.0843 e. The van der Waals surface area contributed by atoms with E-state index in [1.165, 1.54) is 0 Å². The molecule has 0 spiro atoms. The van der Waals surface area contributed by atoms with Crippen LogP contribution in [0.1, 0.15) is 16.7 Å². The smallest absolute Gasteiger partial charge is 0.0644 e. The highest BCUT2D eigenvalue weighted by Crippen LogP contribution is 2.35. The van der Waals surface area contributed by atoms with E-state index in [2.05, 4.69) is 24.3 Å². The molecule has 0 bridgehead atoms. The van der Waals surface area contributed by atoms with Gasteiger partial charge in [0, 0.05) is 10.0 Å². The lowest BCUT2D eigenvalue weighted by Gasteiger charge is -2.19. The van der Waals surface area contributed by atoms with Crippen LogP contribution in [0.2, 0.25) is 10.0 Å². The summed E-state index contributed by atoms with van der Waals surface area (Å²) in [4.78, 5) is 0. The Morgan fingerprint density at radius 3 is 1.62 bits per heavy atom. The lowest BCUT2D eigenvalue weighted by molar-refractivity contribution is 1.23. The molecule has 21 heavy (non-hydrogen) atoms. The van der Waals surface area contributed by atoms with E-state index in [9.17, 15) is 0 Å². The maximum absolute atomic E-state index is 6.42. The molecule has 0 atom stereocenters. The van der Waals surface area contributed by atoms with E-state index in [4.69, 9.17) is 23.2 Å². The van der Waals surface area contributed by atoms with Gasteiger partial charge in [0.05, 0.1) is 5.92 Å². The maximum atomic E-state index is 6.42. The van der Waals surface area contributed by atoms with Gasteiger partial charge < -0.3 is 0 Å². The van der Waals surface area contributed by atoms with Gasteiger partial charge in [0.15, 0.2) is 0 Å². The zero-order valence-electron chi connectivity index (χ0n) is 11.3. The zero-order valence-corrected chi connectivity index (χ0v) is 12.8. The van der Waals surface area contributed by atoms with Gasteiger partial charge in [0.1, 0.15) is 0 Å². The standard InChI is InChI=1S/C19H13Cl2/c20-16-11-12-17(18(21)13-16)19(14-7-3-1-4-8-14)15-9-5-2-6-10-15/h1-13H. The van der Waals surface area contributed by atoms with Crippen molar-refractivity contribution in [3.63, 3.8) is 0 Å². The van der Waals surface area contributed by atoms with Gasteiger partial charge in [-0.2, -0.15) is 0 Å². The second-order valence-electron chi connectivity index (χ2n) is 4.73. The first kappa shape index (κ1) is 14.2. The first-order valence-corrected chi connectivity index (χ1v) is 7.44. The third-order valence-corrected chi connectivity index (χ3v) is 3.87. The highest BCUT2D eigenvalue weighted by Gasteiger charge is 2.20. The van der Waals surface area contributed by atoms with Gasteiger partial charge in [0.2, 0.25) is 0 Å². The molecule has 1 radical (unpaired) electrons. The molecule has 0 saturated heterocycles. The summed E-state index contributed by atoms with van der Waals surface area (Å²) in [6.45, 7) is 0. The van der Waals surface area contributed by atoms with Crippen molar-refractivity contribution < 1.29 is 0 Å². The van der Waals surface area contributed by atoms with E-state index in [1.54, 1.807) is 6.07 Å². The van der Waals surface area contributed by atoms with Crippen LogP contribution >= 0.6 is 23.2 Å². The van der Waals surface area contributed by atoms with Gasteiger partial charge in [-0.05, 0) is 28.8 Å². The predicted molar refractivity (Wildman–Crippen MR) is 89.9 cm³/mol. The number of hydrogen-bond donors (Lipinski definition) is 0. The van der Waals surface area contributed by atoms with Crippen LogP contribution in [0.5, 0.6) is 0 Å². The Labute approximate surface area is 135 Å². The summed E-state index contributed by atoms with van der Waals surface area (Å²) in [7, 11) is 0.